The van der Waals surface area contributed by atoms with Gasteiger partial charge in [-0.1, -0.05) is 0 Å². The van der Waals surface area contributed by atoms with Gasteiger partial charge in [-0.3, -0.25) is 18.9 Å². The number of imidazole rings is 1. The van der Waals surface area contributed by atoms with E-state index in [4.69, 9.17) is 25.4 Å². The van der Waals surface area contributed by atoms with Crippen LogP contribution in [0.1, 0.15) is 6.23 Å². The number of nitrogens with two attached hydrogens (primary N) is 1. The molecule has 40 heavy (non-hydrogen) atoms. The average Bonchev–Trinajstić information content (AvgIpc) is 3.40. The Morgan fingerprint density at radius 1 is 1.18 bits per heavy atom. The quantitative estimate of drug-likeness (QED) is 0.0984. The van der Waals surface area contributed by atoms with Crippen LogP contribution in [0, 0.1) is 0 Å². The zero-order valence-electron chi connectivity index (χ0n) is 19.7. The maximum atomic E-state index is 12.8. The number of nitrogen functional groups attached to an aromatic ring is 1. The second-order valence-electron chi connectivity index (χ2n) is 8.22. The van der Waals surface area contributed by atoms with Crippen LogP contribution < -0.4 is 11.3 Å². The smallest absolute Gasteiger partial charge is 0.394 e. The standard InChI is InChI=1S/C16H25N5O17P2/c17-16-19-12-6(13(29)20-16)18-3-21(12)14-10(27)8(25)5(36-14)2-35-40(34,38-39(31,32)33)37-15(30)11(28)9(26)7(24)4(23)1-22/h3-5,7-11,14,22-28H,1-2H2,(H2,31,32,33)(H3,17,19,20,29)/t4-,5-,7-,8-,9+,10-,11+,14-,40?/m1/s1. The van der Waals surface area contributed by atoms with Crippen LogP contribution in [0.4, 0.5) is 5.95 Å². The molecule has 24 heteroatoms. The first-order valence-electron chi connectivity index (χ1n) is 10.8. The van der Waals surface area contributed by atoms with Crippen LogP contribution in [0.25, 0.3) is 11.2 Å². The summed E-state index contributed by atoms with van der Waals surface area (Å²) in [6, 6.07) is 0. The van der Waals surface area contributed by atoms with Gasteiger partial charge in [-0.15, -0.1) is 0 Å². The van der Waals surface area contributed by atoms with Crippen LogP contribution in [0.15, 0.2) is 11.1 Å². The summed E-state index contributed by atoms with van der Waals surface area (Å²) in [7, 11) is -11.5. The number of hydrogen-bond donors (Lipinski definition) is 11. The molecule has 0 aliphatic carbocycles. The van der Waals surface area contributed by atoms with Crippen molar-refractivity contribution in [3.63, 3.8) is 0 Å². The third-order valence-electron chi connectivity index (χ3n) is 5.36. The number of nitrogens with one attached hydrogen (secondary N) is 1. The number of phosphoric acid groups is 2. The number of H-pyrrole nitrogens is 1. The minimum absolute atomic E-state index is 0.176. The van der Waals surface area contributed by atoms with Gasteiger partial charge >= 0.3 is 21.6 Å². The highest BCUT2D eigenvalue weighted by Crippen LogP contribution is 2.61. The number of rotatable bonds is 12. The highest BCUT2D eigenvalue weighted by molar-refractivity contribution is 7.61. The number of aromatic nitrogens is 4. The Morgan fingerprint density at radius 2 is 1.82 bits per heavy atom. The van der Waals surface area contributed by atoms with E-state index in [1.807, 2.05) is 0 Å². The second-order valence-corrected chi connectivity index (χ2v) is 11.2. The molecular weight excluding hydrogens is 596 g/mol. The average molecular weight is 621 g/mol. The van der Waals surface area contributed by atoms with Crippen molar-refractivity contribution in [1.82, 2.24) is 19.5 Å². The molecule has 22 nitrogen and oxygen atoms in total. The van der Waals surface area contributed by atoms with Gasteiger partial charge in [0.1, 0.15) is 36.6 Å². The largest absolute Gasteiger partial charge is 0.541 e. The first-order valence-corrected chi connectivity index (χ1v) is 13.8. The lowest BCUT2D eigenvalue weighted by molar-refractivity contribution is -0.163. The molecule has 1 unspecified atom stereocenters. The predicted octanol–water partition coefficient (Wildman–Crippen LogP) is -5.47. The molecule has 2 aromatic heterocycles. The van der Waals surface area contributed by atoms with Crippen molar-refractivity contribution in [3.8, 4) is 0 Å². The Labute approximate surface area is 221 Å². The molecule has 9 atom stereocenters. The van der Waals surface area contributed by atoms with Gasteiger partial charge in [0.25, 0.3) is 5.56 Å². The number of anilines is 1. The molecule has 0 aromatic carbocycles. The van der Waals surface area contributed by atoms with E-state index >= 15 is 0 Å². The number of hydrogen-bond acceptors (Lipinski definition) is 18. The van der Waals surface area contributed by atoms with Crippen LogP contribution in [0.2, 0.25) is 0 Å². The third-order valence-corrected chi connectivity index (χ3v) is 7.88. The van der Waals surface area contributed by atoms with Crippen molar-refractivity contribution < 1.29 is 77.6 Å². The lowest BCUT2D eigenvalue weighted by Gasteiger charge is -2.26. The van der Waals surface area contributed by atoms with Crippen LogP contribution in [-0.4, -0.2) is 127 Å². The van der Waals surface area contributed by atoms with E-state index in [1.54, 1.807) is 0 Å². The summed E-state index contributed by atoms with van der Waals surface area (Å²) in [6.45, 7) is -2.28. The molecule has 12 N–H and O–H groups in total. The molecule has 0 amide bonds. The summed E-state index contributed by atoms with van der Waals surface area (Å²) in [5.41, 5.74) is 4.37. The number of nitrogens with zero attached hydrogens (tertiary/aromatic N) is 3. The van der Waals surface area contributed by atoms with Crippen LogP contribution in [-0.2, 0) is 32.0 Å². The zero-order chi connectivity index (χ0) is 30.2. The summed E-state index contributed by atoms with van der Waals surface area (Å²) in [6.07, 6.45) is -15.6. The lowest BCUT2D eigenvalue weighted by Crippen LogP contribution is -2.49. The number of carbonyl (C=O) groups is 1. The van der Waals surface area contributed by atoms with Gasteiger partial charge in [0, 0.05) is 0 Å². The first-order chi connectivity index (χ1) is 18.5. The Bertz CT molecular complexity index is 1360. The van der Waals surface area contributed by atoms with E-state index in [9.17, 15) is 49.4 Å². The van der Waals surface area contributed by atoms with E-state index < -0.39 is 89.3 Å². The van der Waals surface area contributed by atoms with E-state index in [1.165, 1.54) is 0 Å². The molecule has 1 aliphatic rings. The Hall–Kier alpha value is -2.40. The molecule has 0 bridgehead atoms. The number of aromatic amines is 1. The monoisotopic (exact) mass is 621 g/mol. The molecule has 3 heterocycles. The third kappa shape index (κ3) is 7.08. The van der Waals surface area contributed by atoms with E-state index in [-0.39, 0.29) is 17.1 Å². The fourth-order valence-corrected chi connectivity index (χ4v) is 5.49. The van der Waals surface area contributed by atoms with Crippen molar-refractivity contribution in [2.24, 2.45) is 0 Å². The first kappa shape index (κ1) is 32.1. The summed E-state index contributed by atoms with van der Waals surface area (Å²) in [5.74, 6) is -2.45. The predicted molar refractivity (Wildman–Crippen MR) is 122 cm³/mol. The molecular formula is C16H25N5O17P2. The number of fused-ring (bicyclic) bond motifs is 1. The molecule has 3 rings (SSSR count). The van der Waals surface area contributed by atoms with Gasteiger partial charge in [-0.25, -0.2) is 18.9 Å². The van der Waals surface area contributed by atoms with E-state index in [2.05, 4.69) is 28.3 Å². The van der Waals surface area contributed by atoms with Gasteiger partial charge in [0.2, 0.25) is 5.95 Å². The van der Waals surface area contributed by atoms with Gasteiger partial charge in [-0.2, -0.15) is 9.29 Å². The molecule has 1 fully saturated rings. The zero-order valence-corrected chi connectivity index (χ0v) is 21.5. The van der Waals surface area contributed by atoms with Gasteiger partial charge in [0.15, 0.2) is 23.5 Å². The summed E-state index contributed by atoms with van der Waals surface area (Å²) in [5, 5.41) is 68.1. The number of ether oxygens (including phenoxy) is 1. The topological polar surface area (TPSA) is 360 Å². The maximum Gasteiger partial charge on any atom is 0.541 e. The SMILES string of the molecule is Nc1nc2c(ncn2[C@@H]2O[C@H](COP(=O)(OC(=O)[C@@H](O)[C@@H](O)[C@H](O)[C@H](O)CO)OP(=O)(O)O)[C@@H](O)[C@H]2O)c(=O)[nH]1. The Morgan fingerprint density at radius 3 is 2.42 bits per heavy atom. The fourth-order valence-electron chi connectivity index (χ4n) is 3.41. The minimum atomic E-state index is -5.76. The molecule has 0 saturated carbocycles. The highest BCUT2D eigenvalue weighted by atomic mass is 31.3. The minimum Gasteiger partial charge on any atom is -0.394 e. The maximum absolute atomic E-state index is 12.8. The molecule has 1 saturated heterocycles. The second kappa shape index (κ2) is 12.2. The summed E-state index contributed by atoms with van der Waals surface area (Å²) < 4.78 is 43.3. The Kier molecular flexibility index (Phi) is 9.82. The van der Waals surface area contributed by atoms with Gasteiger partial charge in [-0.05, 0) is 0 Å². The molecule has 0 spiro atoms. The normalized spacial score (nSPS) is 26.2. The number of aliphatic hydroxyl groups excluding tert-OH is 7. The van der Waals surface area contributed by atoms with Crippen LogP contribution in [0.3, 0.4) is 0 Å². The van der Waals surface area contributed by atoms with Gasteiger partial charge in [0.05, 0.1) is 19.5 Å². The lowest BCUT2D eigenvalue weighted by atomic mass is 10.0. The number of aliphatic hydroxyl groups is 7. The van der Waals surface area contributed by atoms with Crippen LogP contribution >= 0.6 is 15.6 Å². The van der Waals surface area contributed by atoms with Crippen molar-refractivity contribution in [2.45, 2.75) is 49.0 Å². The van der Waals surface area contributed by atoms with Crippen LogP contribution in [0.5, 0.6) is 0 Å². The van der Waals surface area contributed by atoms with Crippen molar-refractivity contribution in [3.05, 3.63) is 16.7 Å². The fraction of sp³-hybridized carbons (Fsp3) is 0.625. The van der Waals surface area contributed by atoms with E-state index in [0.717, 1.165) is 10.9 Å². The summed E-state index contributed by atoms with van der Waals surface area (Å²) >= 11 is 0. The van der Waals surface area contributed by atoms with Crippen molar-refractivity contribution in [1.29, 1.82) is 0 Å². The Balaban J connectivity index is 1.77. The molecule has 226 valence electrons. The van der Waals surface area contributed by atoms with Gasteiger partial charge < -0.3 is 60.5 Å². The molecule has 2 aromatic rings. The number of carbonyl (C=O) groups excluding carboxylic acids is 1. The summed E-state index contributed by atoms with van der Waals surface area (Å²) in [4.78, 5) is 52.1. The van der Waals surface area contributed by atoms with Crippen molar-refractivity contribution >= 4 is 38.7 Å². The molecule has 1 aliphatic heterocycles. The number of phosphoric ester groups is 1. The van der Waals surface area contributed by atoms with E-state index in [0.29, 0.717) is 0 Å². The highest BCUT2D eigenvalue weighted by Gasteiger charge is 2.48. The van der Waals surface area contributed by atoms with Crippen molar-refractivity contribution in [2.75, 3.05) is 18.9 Å². The molecule has 0 radical (unpaired) electrons.